The van der Waals surface area contributed by atoms with Crippen molar-refractivity contribution >= 4 is 21.4 Å². The number of benzene rings is 1. The Morgan fingerprint density at radius 3 is 2.65 bits per heavy atom. The number of halogens is 1. The summed E-state index contributed by atoms with van der Waals surface area (Å²) in [5, 5.41) is -0.00850. The summed E-state index contributed by atoms with van der Waals surface area (Å²) in [4.78, 5) is 0. The van der Waals surface area contributed by atoms with E-state index in [1.54, 1.807) is 19.1 Å². The smallest absolute Gasteiger partial charge is 0.155 e. The maximum atomic E-state index is 12.2. The van der Waals surface area contributed by atoms with Crippen LogP contribution in [0.1, 0.15) is 25.3 Å². The Hall–Kier alpha value is -0.620. The van der Waals surface area contributed by atoms with Crippen LogP contribution in [0.2, 0.25) is 5.02 Å². The van der Waals surface area contributed by atoms with Gasteiger partial charge in [0.2, 0.25) is 0 Å². The molecule has 20 heavy (non-hydrogen) atoms. The summed E-state index contributed by atoms with van der Waals surface area (Å²) >= 11 is 5.99. The number of hydrogen-bond acceptors (Lipinski definition) is 4. The van der Waals surface area contributed by atoms with Crippen LogP contribution in [0.4, 0.5) is 0 Å². The molecule has 1 aromatic rings. The molecule has 1 saturated carbocycles. The maximum absolute atomic E-state index is 12.2. The molecule has 0 saturated heterocycles. The lowest BCUT2D eigenvalue weighted by molar-refractivity contribution is 0.125. The summed E-state index contributed by atoms with van der Waals surface area (Å²) < 4.78 is 29.9. The predicted molar refractivity (Wildman–Crippen MR) is 80.9 cm³/mol. The van der Waals surface area contributed by atoms with Crippen molar-refractivity contribution in [2.75, 3.05) is 19.0 Å². The van der Waals surface area contributed by atoms with Crippen LogP contribution in [0, 0.1) is 0 Å². The molecule has 6 heteroatoms. The Morgan fingerprint density at radius 2 is 2.10 bits per heavy atom. The van der Waals surface area contributed by atoms with Gasteiger partial charge in [-0.25, -0.2) is 8.42 Å². The number of sulfone groups is 1. The molecule has 3 atom stereocenters. The number of rotatable bonds is 6. The van der Waals surface area contributed by atoms with Crippen LogP contribution < -0.4 is 5.73 Å². The second kappa shape index (κ2) is 5.64. The summed E-state index contributed by atoms with van der Waals surface area (Å²) in [6.07, 6.45) is 0. The zero-order chi connectivity index (χ0) is 15.0. The van der Waals surface area contributed by atoms with Crippen LogP contribution in [0.5, 0.6) is 0 Å². The van der Waals surface area contributed by atoms with Crippen molar-refractivity contribution in [3.8, 4) is 0 Å². The van der Waals surface area contributed by atoms with Crippen molar-refractivity contribution in [1.29, 1.82) is 0 Å². The third-order valence-corrected chi connectivity index (χ3v) is 6.38. The number of nitrogens with two attached hydrogens (primary N) is 1. The topological polar surface area (TPSA) is 69.4 Å². The Morgan fingerprint density at radius 1 is 1.40 bits per heavy atom. The van der Waals surface area contributed by atoms with E-state index in [9.17, 15) is 8.42 Å². The van der Waals surface area contributed by atoms with Crippen LogP contribution in [-0.2, 0) is 14.6 Å². The van der Waals surface area contributed by atoms with E-state index in [-0.39, 0.29) is 18.3 Å². The second-order valence-corrected chi connectivity index (χ2v) is 8.00. The van der Waals surface area contributed by atoms with E-state index < -0.39 is 20.6 Å². The molecule has 112 valence electrons. The molecular weight excluding hydrogens is 298 g/mol. The summed E-state index contributed by atoms with van der Waals surface area (Å²) in [6.45, 7) is 4.26. The van der Waals surface area contributed by atoms with E-state index >= 15 is 0 Å². The van der Waals surface area contributed by atoms with Gasteiger partial charge in [0.05, 0.1) is 17.4 Å². The minimum atomic E-state index is -3.22. The number of ether oxygens (including phenoxy) is 1. The molecule has 0 amide bonds. The van der Waals surface area contributed by atoms with E-state index in [1.165, 1.54) is 0 Å². The van der Waals surface area contributed by atoms with Gasteiger partial charge < -0.3 is 10.5 Å². The predicted octanol–water partition coefficient (Wildman–Crippen LogP) is 1.97. The summed E-state index contributed by atoms with van der Waals surface area (Å²) in [5.41, 5.74) is 6.33. The highest BCUT2D eigenvalue weighted by atomic mass is 35.5. The minimum Gasteiger partial charge on any atom is -0.380 e. The standard InChI is InChI=1S/C14H20ClNO3S/c1-3-19-9-14(16)12(13(14)20(17,18)4-2)10-6-5-7-11(15)8-10/h5-8,12-13H,3-4,9,16H2,1-2H3/t12-,13+,14-/m0/s1. The van der Waals surface area contributed by atoms with Crippen LogP contribution in [0.25, 0.3) is 0 Å². The molecule has 1 fully saturated rings. The van der Waals surface area contributed by atoms with E-state index in [4.69, 9.17) is 22.1 Å². The van der Waals surface area contributed by atoms with Gasteiger partial charge in [-0.2, -0.15) is 0 Å². The molecule has 1 aromatic carbocycles. The van der Waals surface area contributed by atoms with Gasteiger partial charge in [-0.05, 0) is 24.6 Å². The summed E-state index contributed by atoms with van der Waals surface area (Å²) in [5.74, 6) is -0.169. The molecule has 0 aromatic heterocycles. The van der Waals surface area contributed by atoms with Crippen molar-refractivity contribution < 1.29 is 13.2 Å². The Kier molecular flexibility index (Phi) is 4.44. The molecule has 2 N–H and O–H groups in total. The van der Waals surface area contributed by atoms with Crippen molar-refractivity contribution in [2.45, 2.75) is 30.6 Å². The average molecular weight is 318 g/mol. The minimum absolute atomic E-state index is 0.0831. The fourth-order valence-corrected chi connectivity index (χ4v) is 4.97. The molecule has 0 unspecified atom stereocenters. The van der Waals surface area contributed by atoms with E-state index in [1.807, 2.05) is 19.1 Å². The fraction of sp³-hybridized carbons (Fsp3) is 0.571. The first kappa shape index (κ1) is 15.8. The normalized spacial score (nSPS) is 29.4. The average Bonchev–Trinajstić information content (AvgIpc) is 3.04. The molecular formula is C14H20ClNO3S. The third-order valence-electron chi connectivity index (χ3n) is 3.86. The maximum Gasteiger partial charge on any atom is 0.155 e. The largest absolute Gasteiger partial charge is 0.380 e. The van der Waals surface area contributed by atoms with Crippen LogP contribution in [-0.4, -0.2) is 38.2 Å². The highest BCUT2D eigenvalue weighted by Gasteiger charge is 2.68. The van der Waals surface area contributed by atoms with Crippen LogP contribution >= 0.6 is 11.6 Å². The SMILES string of the molecule is CCOC[C@@]1(N)[C@H](S(=O)(=O)CC)[C@@H]1c1cccc(Cl)c1. The van der Waals surface area contributed by atoms with Gasteiger partial charge >= 0.3 is 0 Å². The van der Waals surface area contributed by atoms with Gasteiger partial charge in [-0.1, -0.05) is 30.7 Å². The molecule has 0 heterocycles. The van der Waals surface area contributed by atoms with Crippen molar-refractivity contribution in [3.05, 3.63) is 34.9 Å². The third kappa shape index (κ3) is 2.72. The molecule has 0 bridgehead atoms. The quantitative estimate of drug-likeness (QED) is 0.871. The van der Waals surface area contributed by atoms with Crippen LogP contribution in [0.15, 0.2) is 24.3 Å². The van der Waals surface area contributed by atoms with E-state index in [2.05, 4.69) is 0 Å². The highest BCUT2D eigenvalue weighted by Crippen LogP contribution is 2.54. The van der Waals surface area contributed by atoms with Gasteiger partial charge in [0, 0.05) is 23.3 Å². The first-order chi connectivity index (χ1) is 9.36. The lowest BCUT2D eigenvalue weighted by Gasteiger charge is -2.12. The molecule has 0 aliphatic heterocycles. The highest BCUT2D eigenvalue weighted by molar-refractivity contribution is 7.92. The fourth-order valence-electron chi connectivity index (χ4n) is 2.78. The van der Waals surface area contributed by atoms with Crippen molar-refractivity contribution in [2.24, 2.45) is 5.73 Å². The zero-order valence-corrected chi connectivity index (χ0v) is 13.2. The molecule has 1 aliphatic rings. The van der Waals surface area contributed by atoms with Gasteiger partial charge in [0.25, 0.3) is 0 Å². The molecule has 0 radical (unpaired) electrons. The van der Waals surface area contributed by atoms with Crippen molar-refractivity contribution in [1.82, 2.24) is 0 Å². The zero-order valence-electron chi connectivity index (χ0n) is 11.7. The van der Waals surface area contributed by atoms with Gasteiger partial charge in [0.15, 0.2) is 9.84 Å². The summed E-state index contributed by atoms with van der Waals surface area (Å²) in [6, 6.07) is 7.23. The lowest BCUT2D eigenvalue weighted by atomic mass is 10.1. The van der Waals surface area contributed by atoms with Gasteiger partial charge in [0.1, 0.15) is 0 Å². The Bertz CT molecular complexity index is 590. The Balaban J connectivity index is 2.35. The summed E-state index contributed by atoms with van der Waals surface area (Å²) in [7, 11) is -3.22. The van der Waals surface area contributed by atoms with E-state index in [0.717, 1.165) is 5.56 Å². The lowest BCUT2D eigenvalue weighted by Crippen LogP contribution is -2.36. The first-order valence-corrected chi connectivity index (χ1v) is 8.79. The van der Waals surface area contributed by atoms with Gasteiger partial charge in [-0.3, -0.25) is 0 Å². The first-order valence-electron chi connectivity index (χ1n) is 6.70. The molecule has 1 aliphatic carbocycles. The van der Waals surface area contributed by atoms with Crippen molar-refractivity contribution in [3.63, 3.8) is 0 Å². The molecule has 2 rings (SSSR count). The monoisotopic (exact) mass is 317 g/mol. The second-order valence-electron chi connectivity index (χ2n) is 5.15. The van der Waals surface area contributed by atoms with Gasteiger partial charge in [-0.15, -0.1) is 0 Å². The number of hydrogen-bond donors (Lipinski definition) is 1. The molecule has 4 nitrogen and oxygen atoms in total. The Labute approximate surface area is 125 Å². The van der Waals surface area contributed by atoms with Crippen LogP contribution in [0.3, 0.4) is 0 Å². The van der Waals surface area contributed by atoms with E-state index in [0.29, 0.717) is 11.6 Å². The molecule has 0 spiro atoms.